The molecule has 1 rings (SSSR count). The second-order valence-electron chi connectivity index (χ2n) is 17.4. The van der Waals surface area contributed by atoms with Crippen LogP contribution in [0.2, 0.25) is 0 Å². The third-order valence-corrected chi connectivity index (χ3v) is 11.8. The van der Waals surface area contributed by atoms with E-state index in [9.17, 15) is 33.1 Å². The summed E-state index contributed by atoms with van der Waals surface area (Å²) in [5, 5.41) is 30.7. The van der Waals surface area contributed by atoms with Crippen molar-refractivity contribution in [2.75, 3.05) is 26.4 Å². The van der Waals surface area contributed by atoms with Gasteiger partial charge in [0.25, 0.3) is 0 Å². The Hall–Kier alpha value is -2.46. The Morgan fingerprint density at radius 1 is 0.591 bits per heavy atom. The van der Waals surface area contributed by atoms with Gasteiger partial charge in [0.05, 0.1) is 19.8 Å². The van der Waals surface area contributed by atoms with Crippen molar-refractivity contribution >= 4 is 16.4 Å². The zero-order valence-electron chi connectivity index (χ0n) is 41.0. The number of hydrogen-bond acceptors (Lipinski definition) is 11. The van der Waals surface area contributed by atoms with Crippen LogP contribution in [-0.2, 0) is 38.3 Å². The highest BCUT2D eigenvalue weighted by atomic mass is 32.3. The molecule has 1 aliphatic heterocycles. The fourth-order valence-corrected chi connectivity index (χ4v) is 7.97. The van der Waals surface area contributed by atoms with Crippen LogP contribution >= 0.6 is 0 Å². The lowest BCUT2D eigenvalue weighted by Crippen LogP contribution is -2.60. The highest BCUT2D eigenvalue weighted by Crippen LogP contribution is 2.26. The molecule has 0 saturated carbocycles. The molecule has 13 heteroatoms. The van der Waals surface area contributed by atoms with E-state index >= 15 is 0 Å². The van der Waals surface area contributed by atoms with E-state index in [2.05, 4.69) is 90.9 Å². The molecule has 0 spiro atoms. The Kier molecular flexibility index (Phi) is 40.8. The van der Waals surface area contributed by atoms with Gasteiger partial charge in [-0.2, -0.15) is 8.42 Å². The zero-order valence-corrected chi connectivity index (χ0v) is 41.8. The van der Waals surface area contributed by atoms with Gasteiger partial charge in [0, 0.05) is 13.0 Å². The highest BCUT2D eigenvalue weighted by Gasteiger charge is 2.48. The average Bonchev–Trinajstić information content (AvgIpc) is 3.29. The summed E-state index contributed by atoms with van der Waals surface area (Å²) in [5.74, 6) is -0.441. The lowest BCUT2D eigenvalue weighted by molar-refractivity contribution is -0.301. The minimum Gasteiger partial charge on any atom is -0.457 e. The predicted octanol–water partition coefficient (Wildman–Crippen LogP) is 11.9. The van der Waals surface area contributed by atoms with E-state index in [1.54, 1.807) is 0 Å². The fourth-order valence-electron chi connectivity index (χ4n) is 7.46. The summed E-state index contributed by atoms with van der Waals surface area (Å²) in [4.78, 5) is 12.9. The van der Waals surface area contributed by atoms with Gasteiger partial charge in [0.1, 0.15) is 30.5 Å². The molecule has 1 aliphatic rings. The molecule has 1 heterocycles. The van der Waals surface area contributed by atoms with E-state index in [1.807, 2.05) is 0 Å². The number of carbonyl (C=O) groups is 1. The molecule has 0 radical (unpaired) electrons. The summed E-state index contributed by atoms with van der Waals surface area (Å²) in [6.07, 6.45) is 48.0. The van der Waals surface area contributed by atoms with Gasteiger partial charge in [0.15, 0.2) is 6.29 Å². The molecule has 6 atom stereocenters. The summed E-state index contributed by atoms with van der Waals surface area (Å²) >= 11 is 0. The van der Waals surface area contributed by atoms with Gasteiger partial charge in [-0.05, 0) is 83.5 Å². The molecular formula is C53H92O12S. The van der Waals surface area contributed by atoms with Gasteiger partial charge in [-0.15, -0.1) is 0 Å². The molecule has 4 N–H and O–H groups in total. The van der Waals surface area contributed by atoms with Crippen LogP contribution in [0.5, 0.6) is 0 Å². The molecule has 6 unspecified atom stereocenters. The molecule has 1 fully saturated rings. The second kappa shape index (κ2) is 43.8. The van der Waals surface area contributed by atoms with Crippen molar-refractivity contribution in [2.24, 2.45) is 0 Å². The Morgan fingerprint density at radius 2 is 1.05 bits per heavy atom. The van der Waals surface area contributed by atoms with Crippen LogP contribution in [0.4, 0.5) is 0 Å². The molecule has 0 aliphatic carbocycles. The first-order valence-corrected chi connectivity index (χ1v) is 27.1. The summed E-state index contributed by atoms with van der Waals surface area (Å²) in [6, 6.07) is 0. The molecule has 0 aromatic carbocycles. The zero-order chi connectivity index (χ0) is 48.2. The molecule has 0 aromatic heterocycles. The maximum Gasteiger partial charge on any atom is 0.397 e. The van der Waals surface area contributed by atoms with Crippen molar-refractivity contribution in [3.05, 3.63) is 72.9 Å². The maximum absolute atomic E-state index is 12.9. The normalized spacial score (nSPS) is 20.1. The number of ether oxygens (including phenoxy) is 4. The molecule has 0 amide bonds. The minimum atomic E-state index is -5.07. The third-order valence-electron chi connectivity index (χ3n) is 11.3. The number of carbonyl (C=O) groups excluding carboxylic acids is 1. The first-order valence-electron chi connectivity index (χ1n) is 25.7. The minimum absolute atomic E-state index is 0.0150. The Balaban J connectivity index is 2.35. The fraction of sp³-hybridized carbons (Fsp3) is 0.755. The van der Waals surface area contributed by atoms with Crippen molar-refractivity contribution in [3.63, 3.8) is 0 Å². The molecule has 382 valence electrons. The van der Waals surface area contributed by atoms with Gasteiger partial charge in [0.2, 0.25) is 0 Å². The second-order valence-corrected chi connectivity index (χ2v) is 18.4. The van der Waals surface area contributed by atoms with Crippen molar-refractivity contribution < 1.29 is 56.2 Å². The van der Waals surface area contributed by atoms with E-state index in [0.29, 0.717) is 13.0 Å². The number of esters is 1. The monoisotopic (exact) mass is 953 g/mol. The first kappa shape index (κ1) is 61.6. The maximum atomic E-state index is 12.9. The van der Waals surface area contributed by atoms with E-state index in [1.165, 1.54) is 103 Å². The van der Waals surface area contributed by atoms with Crippen LogP contribution in [0.3, 0.4) is 0 Å². The van der Waals surface area contributed by atoms with Crippen LogP contribution < -0.4 is 0 Å². The van der Waals surface area contributed by atoms with Gasteiger partial charge in [-0.3, -0.25) is 9.35 Å². The van der Waals surface area contributed by atoms with Crippen molar-refractivity contribution in [2.45, 2.75) is 230 Å². The van der Waals surface area contributed by atoms with E-state index < -0.39 is 59.8 Å². The molecular weight excluding hydrogens is 861 g/mol. The average molecular weight is 953 g/mol. The van der Waals surface area contributed by atoms with Crippen LogP contribution in [-0.4, -0.2) is 97.5 Å². The van der Waals surface area contributed by atoms with Crippen LogP contribution in [0.25, 0.3) is 0 Å². The molecule has 0 bridgehead atoms. The summed E-state index contributed by atoms with van der Waals surface area (Å²) in [5.41, 5.74) is 0. The molecule has 1 saturated heterocycles. The number of rotatable bonds is 44. The quantitative estimate of drug-likeness (QED) is 0.0197. The predicted molar refractivity (Wildman–Crippen MR) is 266 cm³/mol. The summed E-state index contributed by atoms with van der Waals surface area (Å²) < 4.78 is 59.2. The highest BCUT2D eigenvalue weighted by molar-refractivity contribution is 7.80. The van der Waals surface area contributed by atoms with Gasteiger partial charge in [-0.1, -0.05) is 177 Å². The van der Waals surface area contributed by atoms with E-state index in [4.69, 9.17) is 18.9 Å². The van der Waals surface area contributed by atoms with Gasteiger partial charge >= 0.3 is 16.4 Å². The summed E-state index contributed by atoms with van der Waals surface area (Å²) in [7, 11) is -5.07. The third kappa shape index (κ3) is 36.6. The Labute approximate surface area is 401 Å². The van der Waals surface area contributed by atoms with Gasteiger partial charge in [-0.25, -0.2) is 4.18 Å². The Bertz CT molecular complexity index is 1420. The SMILES string of the molecule is CC/C=C\C/C=C\C/C=C\C/C=C\CCCCC(=O)OC(COCCCCCCCCCCCCCC/C=C\C/C=C\CCCCCCC)COC1OC(CO)C(O)C(OS(=O)(=O)O)C1O. The topological polar surface area (TPSA) is 178 Å². The van der Waals surface area contributed by atoms with Crippen molar-refractivity contribution in [1.29, 1.82) is 0 Å². The molecule has 0 aromatic rings. The molecule has 12 nitrogen and oxygen atoms in total. The van der Waals surface area contributed by atoms with E-state index in [-0.39, 0.29) is 19.6 Å². The first-order chi connectivity index (χ1) is 32.1. The number of allylic oxidation sites excluding steroid dienone is 12. The standard InChI is InChI=1S/C53H92O12S/c1-3-5-7-9-11-13-15-17-19-20-21-22-23-24-25-26-27-29-31-33-35-37-39-41-43-61-45-47(46-62-53-51(57)52(65-66(58,59)60)50(56)48(44-54)64-53)63-49(55)42-40-38-36-34-32-30-28-18-16-14-12-10-8-6-4-2/h6,8,12,14-15,17-18,20-21,28,32,34,47-48,50-54,56-57H,3-5,7,9-11,13,16,19,22-27,29-31,33,35-46H2,1-2H3,(H,58,59,60)/b8-6-,14-12-,17-15-,21-20-,28-18-,34-32-. The van der Waals surface area contributed by atoms with E-state index in [0.717, 1.165) is 64.2 Å². The van der Waals surface area contributed by atoms with Gasteiger partial charge < -0.3 is 34.3 Å². The summed E-state index contributed by atoms with van der Waals surface area (Å²) in [6.45, 7) is 3.81. The van der Waals surface area contributed by atoms with Crippen LogP contribution in [0.1, 0.15) is 194 Å². The number of unbranched alkanes of at least 4 members (excludes halogenated alkanes) is 19. The largest absolute Gasteiger partial charge is 0.457 e. The van der Waals surface area contributed by atoms with Crippen LogP contribution in [0.15, 0.2) is 72.9 Å². The number of aliphatic hydroxyl groups is 3. The van der Waals surface area contributed by atoms with Crippen LogP contribution in [0, 0.1) is 0 Å². The van der Waals surface area contributed by atoms with Crippen molar-refractivity contribution in [1.82, 2.24) is 0 Å². The van der Waals surface area contributed by atoms with Crippen molar-refractivity contribution in [3.8, 4) is 0 Å². The lowest BCUT2D eigenvalue weighted by Gasteiger charge is -2.41. The Morgan fingerprint density at radius 3 is 1.53 bits per heavy atom. The smallest absolute Gasteiger partial charge is 0.397 e. The number of hydrogen-bond donors (Lipinski definition) is 4. The lowest BCUT2D eigenvalue weighted by atomic mass is 9.99. The molecule has 66 heavy (non-hydrogen) atoms. The number of aliphatic hydroxyl groups excluding tert-OH is 3.